The number of ether oxygens (including phenoxy) is 1. The van der Waals surface area contributed by atoms with Crippen molar-refractivity contribution in [2.24, 2.45) is 0 Å². The van der Waals surface area contributed by atoms with Crippen LogP contribution in [-0.2, 0) is 6.54 Å². The van der Waals surface area contributed by atoms with Gasteiger partial charge in [0.25, 0.3) is 0 Å². The molecule has 2 amide bonds. The summed E-state index contributed by atoms with van der Waals surface area (Å²) in [4.78, 5) is 13.8. The summed E-state index contributed by atoms with van der Waals surface area (Å²) in [6.45, 7) is -1.37. The van der Waals surface area contributed by atoms with Crippen LogP contribution in [0.1, 0.15) is 5.56 Å². The average Bonchev–Trinajstić information content (AvgIpc) is 2.61. The van der Waals surface area contributed by atoms with Crippen LogP contribution >= 0.6 is 0 Å². The molecular weight excluding hydrogens is 328 g/mol. The summed E-state index contributed by atoms with van der Waals surface area (Å²) in [5.41, 5.74) is 1.87. The third kappa shape index (κ3) is 6.66. The SMILES string of the molecule is CN(CCNC(=O)NCc1ccc(OC(F)F)cc1)c1ccccc1. The molecule has 0 atom stereocenters. The molecule has 2 N–H and O–H groups in total. The van der Waals surface area contributed by atoms with Gasteiger partial charge in [0, 0.05) is 32.4 Å². The van der Waals surface area contributed by atoms with Gasteiger partial charge in [-0.15, -0.1) is 0 Å². The molecule has 0 fully saturated rings. The van der Waals surface area contributed by atoms with Crippen molar-refractivity contribution in [2.75, 3.05) is 25.0 Å². The summed E-state index contributed by atoms with van der Waals surface area (Å²) in [6.07, 6.45) is 0. The van der Waals surface area contributed by atoms with Gasteiger partial charge in [0.15, 0.2) is 0 Å². The molecule has 7 heteroatoms. The predicted octanol–water partition coefficient (Wildman–Crippen LogP) is 3.22. The Hall–Kier alpha value is -2.83. The molecule has 0 saturated carbocycles. The Labute approximate surface area is 145 Å². The van der Waals surface area contributed by atoms with E-state index >= 15 is 0 Å². The van der Waals surface area contributed by atoms with Gasteiger partial charge in [0.05, 0.1) is 0 Å². The van der Waals surface area contributed by atoms with E-state index in [0.29, 0.717) is 19.6 Å². The second-order valence-electron chi connectivity index (χ2n) is 5.39. The van der Waals surface area contributed by atoms with E-state index in [4.69, 9.17) is 0 Å². The highest BCUT2D eigenvalue weighted by Crippen LogP contribution is 2.14. The van der Waals surface area contributed by atoms with Crippen molar-refractivity contribution in [2.45, 2.75) is 13.2 Å². The van der Waals surface area contributed by atoms with Crippen molar-refractivity contribution in [3.8, 4) is 5.75 Å². The maximum absolute atomic E-state index is 12.1. The third-order valence-electron chi connectivity index (χ3n) is 3.53. The highest BCUT2D eigenvalue weighted by molar-refractivity contribution is 5.73. The molecule has 5 nitrogen and oxygen atoms in total. The second kappa shape index (κ2) is 9.46. The first-order chi connectivity index (χ1) is 12.0. The van der Waals surface area contributed by atoms with Crippen molar-refractivity contribution >= 4 is 11.7 Å². The normalized spacial score (nSPS) is 10.4. The third-order valence-corrected chi connectivity index (χ3v) is 3.53. The van der Waals surface area contributed by atoms with Crippen LogP contribution in [0.15, 0.2) is 54.6 Å². The van der Waals surface area contributed by atoms with E-state index < -0.39 is 6.61 Å². The standard InChI is InChI=1S/C18H21F2N3O2/c1-23(15-5-3-2-4-6-15)12-11-21-18(24)22-13-14-7-9-16(10-8-14)25-17(19)20/h2-10,17H,11-13H2,1H3,(H2,21,22,24). The summed E-state index contributed by atoms with van der Waals surface area (Å²) < 4.78 is 28.4. The minimum absolute atomic E-state index is 0.0900. The van der Waals surface area contributed by atoms with E-state index in [2.05, 4.69) is 15.4 Å². The van der Waals surface area contributed by atoms with Gasteiger partial charge in [-0.25, -0.2) is 4.79 Å². The van der Waals surface area contributed by atoms with Crippen molar-refractivity contribution in [3.63, 3.8) is 0 Å². The number of nitrogens with one attached hydrogen (secondary N) is 2. The Balaban J connectivity index is 1.67. The number of nitrogens with zero attached hydrogens (tertiary/aromatic N) is 1. The molecule has 0 aliphatic heterocycles. The number of likely N-dealkylation sites (N-methyl/N-ethyl adjacent to an activating group) is 1. The van der Waals surface area contributed by atoms with Crippen LogP contribution in [-0.4, -0.2) is 32.8 Å². The van der Waals surface area contributed by atoms with E-state index in [1.807, 2.05) is 42.3 Å². The molecule has 0 spiro atoms. The summed E-state index contributed by atoms with van der Waals surface area (Å²) in [6, 6.07) is 15.7. The lowest BCUT2D eigenvalue weighted by Crippen LogP contribution is -2.39. The Bertz CT molecular complexity index is 651. The van der Waals surface area contributed by atoms with Crippen LogP contribution < -0.4 is 20.3 Å². The number of rotatable bonds is 8. The van der Waals surface area contributed by atoms with Gasteiger partial charge in [-0.2, -0.15) is 8.78 Å². The lowest BCUT2D eigenvalue weighted by Gasteiger charge is -2.19. The predicted molar refractivity (Wildman–Crippen MR) is 93.0 cm³/mol. The van der Waals surface area contributed by atoms with Gasteiger partial charge in [-0.05, 0) is 29.8 Å². The van der Waals surface area contributed by atoms with E-state index in [0.717, 1.165) is 11.3 Å². The molecular formula is C18H21F2N3O2. The Morgan fingerprint density at radius 2 is 1.76 bits per heavy atom. The first-order valence-corrected chi connectivity index (χ1v) is 7.86. The number of benzene rings is 2. The highest BCUT2D eigenvalue weighted by atomic mass is 19.3. The van der Waals surface area contributed by atoms with Crippen molar-refractivity contribution in [1.82, 2.24) is 10.6 Å². The summed E-state index contributed by atoms with van der Waals surface area (Å²) in [5, 5.41) is 5.49. The van der Waals surface area contributed by atoms with E-state index in [-0.39, 0.29) is 11.8 Å². The quantitative estimate of drug-likeness (QED) is 0.769. The summed E-state index contributed by atoms with van der Waals surface area (Å²) >= 11 is 0. The zero-order valence-corrected chi connectivity index (χ0v) is 13.9. The van der Waals surface area contributed by atoms with Crippen LogP contribution in [0.2, 0.25) is 0 Å². The topological polar surface area (TPSA) is 53.6 Å². The number of amides is 2. The fraction of sp³-hybridized carbons (Fsp3) is 0.278. The molecule has 0 aliphatic carbocycles. The number of halogens is 2. The zero-order chi connectivity index (χ0) is 18.1. The number of anilines is 1. The largest absolute Gasteiger partial charge is 0.435 e. The zero-order valence-electron chi connectivity index (χ0n) is 13.9. The van der Waals surface area contributed by atoms with Gasteiger partial charge in [0.1, 0.15) is 5.75 Å². The minimum Gasteiger partial charge on any atom is -0.435 e. The lowest BCUT2D eigenvalue weighted by molar-refractivity contribution is -0.0498. The van der Waals surface area contributed by atoms with Gasteiger partial charge < -0.3 is 20.3 Å². The Morgan fingerprint density at radius 1 is 1.08 bits per heavy atom. The van der Waals surface area contributed by atoms with Gasteiger partial charge >= 0.3 is 12.6 Å². The number of hydrogen-bond acceptors (Lipinski definition) is 3. The number of para-hydroxylation sites is 1. The first-order valence-electron chi connectivity index (χ1n) is 7.86. The van der Waals surface area contributed by atoms with E-state index in [1.54, 1.807) is 12.1 Å². The van der Waals surface area contributed by atoms with Crippen LogP contribution in [0, 0.1) is 0 Å². The molecule has 0 heterocycles. The van der Waals surface area contributed by atoms with Crippen molar-refractivity contribution < 1.29 is 18.3 Å². The molecule has 2 rings (SSSR count). The molecule has 25 heavy (non-hydrogen) atoms. The number of urea groups is 1. The Kier molecular flexibility index (Phi) is 7.00. The maximum Gasteiger partial charge on any atom is 0.387 e. The average molecular weight is 349 g/mol. The maximum atomic E-state index is 12.1. The summed E-state index contributed by atoms with van der Waals surface area (Å²) in [5.74, 6) is 0.0900. The fourth-order valence-electron chi connectivity index (χ4n) is 2.18. The lowest BCUT2D eigenvalue weighted by atomic mass is 10.2. The van der Waals surface area contributed by atoms with Crippen molar-refractivity contribution in [3.05, 3.63) is 60.2 Å². The number of hydrogen-bond donors (Lipinski definition) is 2. The van der Waals surface area contributed by atoms with Crippen LogP contribution in [0.25, 0.3) is 0 Å². The summed E-state index contributed by atoms with van der Waals surface area (Å²) in [7, 11) is 1.96. The number of carbonyl (C=O) groups excluding carboxylic acids is 1. The highest BCUT2D eigenvalue weighted by Gasteiger charge is 2.05. The van der Waals surface area contributed by atoms with E-state index in [1.165, 1.54) is 12.1 Å². The molecule has 0 radical (unpaired) electrons. The van der Waals surface area contributed by atoms with Crippen LogP contribution in [0.4, 0.5) is 19.3 Å². The number of carbonyl (C=O) groups is 1. The van der Waals surface area contributed by atoms with Crippen molar-refractivity contribution in [1.29, 1.82) is 0 Å². The van der Waals surface area contributed by atoms with E-state index in [9.17, 15) is 13.6 Å². The first kappa shape index (κ1) is 18.5. The molecule has 0 aromatic heterocycles. The van der Waals surface area contributed by atoms with Gasteiger partial charge in [-0.1, -0.05) is 30.3 Å². The molecule has 0 saturated heterocycles. The monoisotopic (exact) mass is 349 g/mol. The second-order valence-corrected chi connectivity index (χ2v) is 5.39. The minimum atomic E-state index is -2.84. The number of alkyl halides is 2. The Morgan fingerprint density at radius 3 is 2.40 bits per heavy atom. The smallest absolute Gasteiger partial charge is 0.387 e. The molecule has 134 valence electrons. The van der Waals surface area contributed by atoms with Crippen LogP contribution in [0.3, 0.4) is 0 Å². The van der Waals surface area contributed by atoms with Gasteiger partial charge in [0.2, 0.25) is 0 Å². The van der Waals surface area contributed by atoms with Crippen LogP contribution in [0.5, 0.6) is 5.75 Å². The molecule has 2 aromatic carbocycles. The molecule has 0 aliphatic rings. The fourth-order valence-corrected chi connectivity index (χ4v) is 2.18. The molecule has 2 aromatic rings. The molecule has 0 unspecified atom stereocenters. The molecule has 0 bridgehead atoms. The van der Waals surface area contributed by atoms with Gasteiger partial charge in [-0.3, -0.25) is 0 Å².